The Hall–Kier alpha value is -0.110. The number of halogens is 2. The molecule has 0 bridgehead atoms. The van der Waals surface area contributed by atoms with E-state index >= 15 is 0 Å². The van der Waals surface area contributed by atoms with Crippen LogP contribution in [0.3, 0.4) is 0 Å². The summed E-state index contributed by atoms with van der Waals surface area (Å²) in [5, 5.41) is 2.78. The minimum atomic E-state index is -2.68. The average Bonchev–Trinajstić information content (AvgIpc) is 2.41. The van der Waals surface area contributed by atoms with Gasteiger partial charge >= 0.3 is 11.4 Å². The first-order chi connectivity index (χ1) is 6.15. The quantitative estimate of drug-likeness (QED) is 0.665. The van der Waals surface area contributed by atoms with Gasteiger partial charge in [-0.1, -0.05) is 0 Å². The van der Waals surface area contributed by atoms with Gasteiger partial charge in [0.2, 0.25) is 0 Å². The SMILES string of the molecule is O=S1OC2CCNCC2(C(F)F)O1. The lowest BCUT2D eigenvalue weighted by Crippen LogP contribution is -2.58. The maximum Gasteiger partial charge on any atom is 0.305 e. The maximum absolute atomic E-state index is 12.7. The lowest BCUT2D eigenvalue weighted by Gasteiger charge is -2.33. The molecule has 2 heterocycles. The maximum atomic E-state index is 12.7. The Morgan fingerprint density at radius 1 is 1.62 bits per heavy atom. The van der Waals surface area contributed by atoms with E-state index in [1.165, 1.54) is 0 Å². The first-order valence-electron chi connectivity index (χ1n) is 3.92. The summed E-state index contributed by atoms with van der Waals surface area (Å²) < 4.78 is 45.6. The van der Waals surface area contributed by atoms with E-state index in [1.54, 1.807) is 0 Å². The molecule has 76 valence electrons. The summed E-state index contributed by atoms with van der Waals surface area (Å²) in [6.07, 6.45) is -3.04. The largest absolute Gasteiger partial charge is 0.313 e. The van der Waals surface area contributed by atoms with E-state index in [0.717, 1.165) is 0 Å². The highest BCUT2D eigenvalue weighted by molar-refractivity contribution is 7.75. The molecule has 2 aliphatic rings. The summed E-state index contributed by atoms with van der Waals surface area (Å²) in [5.41, 5.74) is -1.71. The van der Waals surface area contributed by atoms with E-state index in [0.29, 0.717) is 13.0 Å². The van der Waals surface area contributed by atoms with Gasteiger partial charge in [-0.25, -0.2) is 8.78 Å². The number of alkyl halides is 2. The molecule has 3 unspecified atom stereocenters. The molecule has 0 amide bonds. The number of nitrogens with one attached hydrogen (secondary N) is 1. The van der Waals surface area contributed by atoms with Crippen LogP contribution in [0.5, 0.6) is 0 Å². The van der Waals surface area contributed by atoms with Gasteiger partial charge in [-0.15, -0.1) is 0 Å². The van der Waals surface area contributed by atoms with Crippen molar-refractivity contribution in [2.75, 3.05) is 13.1 Å². The second kappa shape index (κ2) is 3.23. The van der Waals surface area contributed by atoms with Crippen molar-refractivity contribution in [2.24, 2.45) is 0 Å². The fourth-order valence-corrected chi connectivity index (χ4v) is 2.56. The van der Waals surface area contributed by atoms with Gasteiger partial charge in [0.05, 0.1) is 0 Å². The van der Waals surface area contributed by atoms with Gasteiger partial charge in [-0.3, -0.25) is 8.37 Å². The van der Waals surface area contributed by atoms with E-state index in [9.17, 15) is 13.0 Å². The fourth-order valence-electron chi connectivity index (χ4n) is 1.58. The van der Waals surface area contributed by atoms with Crippen LogP contribution in [0.1, 0.15) is 6.42 Å². The van der Waals surface area contributed by atoms with Gasteiger partial charge in [0.25, 0.3) is 6.43 Å². The minimum Gasteiger partial charge on any atom is -0.313 e. The van der Waals surface area contributed by atoms with Gasteiger partial charge in [0, 0.05) is 6.54 Å². The van der Waals surface area contributed by atoms with Gasteiger partial charge in [-0.05, 0) is 13.0 Å². The minimum absolute atomic E-state index is 0.0128. The molecule has 4 nitrogen and oxygen atoms in total. The summed E-state index contributed by atoms with van der Waals surface area (Å²) in [4.78, 5) is 0. The summed E-state index contributed by atoms with van der Waals surface area (Å²) in [5.74, 6) is 0. The second-order valence-electron chi connectivity index (χ2n) is 3.09. The standard InChI is InChI=1S/C6H9F2NO3S/c7-5(8)6-3-9-2-1-4(6)11-13(10)12-6/h4-5,9H,1-3H2. The Morgan fingerprint density at radius 3 is 3.00 bits per heavy atom. The summed E-state index contributed by atoms with van der Waals surface area (Å²) in [6.45, 7) is 0.570. The monoisotopic (exact) mass is 213 g/mol. The number of rotatable bonds is 1. The molecule has 0 radical (unpaired) electrons. The van der Waals surface area contributed by atoms with Gasteiger partial charge in [0.15, 0.2) is 5.60 Å². The zero-order chi connectivity index (χ0) is 9.47. The van der Waals surface area contributed by atoms with E-state index in [1.807, 2.05) is 0 Å². The molecule has 0 aromatic carbocycles. The molecule has 1 N–H and O–H groups in total. The molecule has 0 aromatic heterocycles. The van der Waals surface area contributed by atoms with Crippen LogP contribution in [-0.4, -0.2) is 35.4 Å². The van der Waals surface area contributed by atoms with Crippen molar-refractivity contribution in [2.45, 2.75) is 24.6 Å². The van der Waals surface area contributed by atoms with Crippen molar-refractivity contribution in [3.8, 4) is 0 Å². The van der Waals surface area contributed by atoms with Crippen molar-refractivity contribution < 1.29 is 21.4 Å². The molecule has 0 saturated carbocycles. The van der Waals surface area contributed by atoms with Crippen LogP contribution in [-0.2, 0) is 19.7 Å². The van der Waals surface area contributed by atoms with Crippen LogP contribution < -0.4 is 5.32 Å². The van der Waals surface area contributed by atoms with Gasteiger partial charge < -0.3 is 5.32 Å². The number of piperidine rings is 1. The van der Waals surface area contributed by atoms with Crippen LogP contribution in [0.4, 0.5) is 8.78 Å². The third-order valence-electron chi connectivity index (χ3n) is 2.32. The molecule has 2 saturated heterocycles. The molecule has 0 aliphatic carbocycles. The Labute approximate surface area is 76.5 Å². The number of hydrogen-bond acceptors (Lipinski definition) is 4. The molecular weight excluding hydrogens is 204 g/mol. The van der Waals surface area contributed by atoms with Crippen LogP contribution in [0.2, 0.25) is 0 Å². The molecule has 0 aromatic rings. The fraction of sp³-hybridized carbons (Fsp3) is 1.00. The zero-order valence-corrected chi connectivity index (χ0v) is 7.48. The smallest absolute Gasteiger partial charge is 0.305 e. The molecule has 13 heavy (non-hydrogen) atoms. The highest BCUT2D eigenvalue weighted by atomic mass is 32.2. The van der Waals surface area contributed by atoms with Crippen molar-refractivity contribution >= 4 is 11.4 Å². The van der Waals surface area contributed by atoms with Crippen LogP contribution >= 0.6 is 0 Å². The van der Waals surface area contributed by atoms with Crippen LogP contribution in [0.25, 0.3) is 0 Å². The van der Waals surface area contributed by atoms with E-state index in [-0.39, 0.29) is 6.54 Å². The Morgan fingerprint density at radius 2 is 2.38 bits per heavy atom. The van der Waals surface area contributed by atoms with Crippen LogP contribution in [0, 0.1) is 0 Å². The summed E-state index contributed by atoms with van der Waals surface area (Å²) in [7, 11) is 0. The molecule has 2 fully saturated rings. The Kier molecular flexibility index (Phi) is 2.35. The predicted molar refractivity (Wildman–Crippen MR) is 40.3 cm³/mol. The molecule has 2 rings (SSSR count). The first-order valence-corrected chi connectivity index (χ1v) is 4.92. The topological polar surface area (TPSA) is 47.6 Å². The molecule has 0 spiro atoms. The van der Waals surface area contributed by atoms with E-state index in [2.05, 4.69) is 9.50 Å². The number of hydrogen-bond donors (Lipinski definition) is 1. The first kappa shape index (κ1) is 9.45. The predicted octanol–water partition coefficient (Wildman–Crippen LogP) is -0.0223. The van der Waals surface area contributed by atoms with Crippen LogP contribution in [0.15, 0.2) is 0 Å². The molecule has 7 heteroatoms. The molecule has 3 atom stereocenters. The third-order valence-corrected chi connectivity index (χ3v) is 3.15. The summed E-state index contributed by atoms with van der Waals surface area (Å²) >= 11 is -2.02. The Bertz CT molecular complexity index is 240. The Balaban J connectivity index is 2.24. The van der Waals surface area contributed by atoms with E-state index in [4.69, 9.17) is 4.18 Å². The average molecular weight is 213 g/mol. The molecular formula is C6H9F2NO3S. The zero-order valence-electron chi connectivity index (χ0n) is 6.66. The van der Waals surface area contributed by atoms with Crippen molar-refractivity contribution in [1.82, 2.24) is 5.32 Å². The second-order valence-corrected chi connectivity index (χ2v) is 3.86. The third kappa shape index (κ3) is 1.39. The van der Waals surface area contributed by atoms with Crippen molar-refractivity contribution in [3.63, 3.8) is 0 Å². The number of fused-ring (bicyclic) bond motifs is 1. The highest BCUT2D eigenvalue weighted by Gasteiger charge is 2.57. The highest BCUT2D eigenvalue weighted by Crippen LogP contribution is 2.37. The normalized spacial score (nSPS) is 45.2. The van der Waals surface area contributed by atoms with Gasteiger partial charge in [0.1, 0.15) is 6.10 Å². The lowest BCUT2D eigenvalue weighted by atomic mass is 9.91. The molecule has 2 aliphatic heterocycles. The van der Waals surface area contributed by atoms with Crippen molar-refractivity contribution in [3.05, 3.63) is 0 Å². The van der Waals surface area contributed by atoms with Crippen molar-refractivity contribution in [1.29, 1.82) is 0 Å². The van der Waals surface area contributed by atoms with E-state index < -0.39 is 29.5 Å². The summed E-state index contributed by atoms with van der Waals surface area (Å²) in [6, 6.07) is 0. The van der Waals surface area contributed by atoms with Gasteiger partial charge in [-0.2, -0.15) is 4.21 Å². The lowest BCUT2D eigenvalue weighted by molar-refractivity contribution is -0.102.